The van der Waals surface area contributed by atoms with E-state index in [0.717, 1.165) is 12.2 Å². The summed E-state index contributed by atoms with van der Waals surface area (Å²) in [6, 6.07) is 0. The number of rotatable bonds is 5. The molecule has 1 aliphatic carbocycles. The molecule has 10 nitrogen and oxygen atoms in total. The molecule has 1 saturated heterocycles. The van der Waals surface area contributed by atoms with Crippen molar-refractivity contribution in [2.24, 2.45) is 5.41 Å². The first-order chi connectivity index (χ1) is 10.6. The molecule has 2 aliphatic rings. The van der Waals surface area contributed by atoms with Crippen LogP contribution in [-0.2, 0) is 18.6 Å². The molecule has 0 aromatic rings. The van der Waals surface area contributed by atoms with Gasteiger partial charge < -0.3 is 35.3 Å². The molecular formula is C12H16NO9P. The number of aliphatic hydroxyl groups is 2. The average molecular weight is 349 g/mol. The van der Waals surface area contributed by atoms with Crippen molar-refractivity contribution >= 4 is 19.5 Å². The monoisotopic (exact) mass is 349 g/mol. The van der Waals surface area contributed by atoms with E-state index in [-0.39, 0.29) is 5.71 Å². The van der Waals surface area contributed by atoms with E-state index in [1.54, 1.807) is 0 Å². The number of carboxylic acids is 1. The number of hydrogen-bond acceptors (Lipinski definition) is 7. The number of phosphoric ester groups is 1. The average Bonchev–Trinajstić information content (AvgIpc) is 2.74. The van der Waals surface area contributed by atoms with Gasteiger partial charge in [-0.05, 0) is 12.2 Å². The van der Waals surface area contributed by atoms with Crippen molar-refractivity contribution in [3.63, 3.8) is 0 Å². The highest BCUT2D eigenvalue weighted by atomic mass is 31.2. The minimum Gasteiger partial charge on any atom is -0.480 e. The van der Waals surface area contributed by atoms with Crippen LogP contribution in [0.4, 0.5) is 0 Å². The lowest BCUT2D eigenvalue weighted by Crippen LogP contribution is -2.47. The number of nitrogens with one attached hydrogen (secondary N) is 1. The van der Waals surface area contributed by atoms with Crippen LogP contribution in [0.2, 0.25) is 0 Å². The van der Waals surface area contributed by atoms with Gasteiger partial charge in [-0.3, -0.25) is 9.32 Å². The van der Waals surface area contributed by atoms with E-state index in [9.17, 15) is 24.7 Å². The molecule has 11 heteroatoms. The van der Waals surface area contributed by atoms with Crippen molar-refractivity contribution in [3.8, 4) is 0 Å². The van der Waals surface area contributed by atoms with Crippen molar-refractivity contribution in [3.05, 3.63) is 24.3 Å². The Morgan fingerprint density at radius 2 is 1.87 bits per heavy atom. The lowest BCUT2D eigenvalue weighted by Gasteiger charge is -2.32. The molecule has 0 bridgehead atoms. The molecule has 0 aromatic carbocycles. The third kappa shape index (κ3) is 3.59. The minimum atomic E-state index is -4.81. The lowest BCUT2D eigenvalue weighted by molar-refractivity contribution is -0.153. The summed E-state index contributed by atoms with van der Waals surface area (Å²) in [7, 11) is -4.81. The topological polar surface area (TPSA) is 178 Å². The van der Waals surface area contributed by atoms with E-state index in [2.05, 4.69) is 4.52 Å². The molecule has 4 atom stereocenters. The highest BCUT2D eigenvalue weighted by molar-refractivity contribution is 7.46. The Morgan fingerprint density at radius 3 is 2.35 bits per heavy atom. The Labute approximate surface area is 130 Å². The fraction of sp³-hybridized carbons (Fsp3) is 0.500. The molecule has 1 unspecified atom stereocenters. The third-order valence-corrected chi connectivity index (χ3v) is 4.17. The largest absolute Gasteiger partial charge is 0.480 e. The van der Waals surface area contributed by atoms with Crippen LogP contribution in [0.15, 0.2) is 24.3 Å². The van der Waals surface area contributed by atoms with Gasteiger partial charge in [0.25, 0.3) is 0 Å². The predicted molar refractivity (Wildman–Crippen MR) is 74.7 cm³/mol. The maximum atomic E-state index is 11.6. The maximum absolute atomic E-state index is 11.6. The summed E-state index contributed by atoms with van der Waals surface area (Å²) in [6.07, 6.45) is -1.20. The highest BCUT2D eigenvalue weighted by Gasteiger charge is 2.55. The summed E-state index contributed by atoms with van der Waals surface area (Å²) >= 11 is 0. The van der Waals surface area contributed by atoms with Crippen molar-refractivity contribution in [2.75, 3.05) is 6.61 Å². The first kappa shape index (κ1) is 18.0. The summed E-state index contributed by atoms with van der Waals surface area (Å²) in [5.74, 6) is -1.37. The minimum absolute atomic E-state index is 0.0521. The summed E-state index contributed by atoms with van der Waals surface area (Å²) in [6.45, 7) is -0.724. The van der Waals surface area contributed by atoms with Crippen molar-refractivity contribution < 1.29 is 43.7 Å². The van der Waals surface area contributed by atoms with Crippen LogP contribution in [-0.4, -0.2) is 67.8 Å². The van der Waals surface area contributed by atoms with Crippen molar-refractivity contribution in [1.82, 2.24) is 0 Å². The summed E-state index contributed by atoms with van der Waals surface area (Å²) < 4.78 is 20.2. The molecule has 128 valence electrons. The molecule has 0 spiro atoms. The Kier molecular flexibility index (Phi) is 4.88. The van der Waals surface area contributed by atoms with Gasteiger partial charge in [-0.2, -0.15) is 0 Å². The number of ether oxygens (including phenoxy) is 1. The SMILES string of the molecule is N=C1C=CC(C(=O)O)(C2O[C@H](COP(=O)(O)O)[C@@H](O)[C@@H]2O)C=C1. The fourth-order valence-corrected chi connectivity index (χ4v) is 2.81. The van der Waals surface area contributed by atoms with Gasteiger partial charge in [0, 0.05) is 0 Å². The van der Waals surface area contributed by atoms with Crippen LogP contribution in [0, 0.1) is 10.8 Å². The molecule has 0 aromatic heterocycles. The molecule has 0 saturated carbocycles. The van der Waals surface area contributed by atoms with Crippen LogP contribution in [0.1, 0.15) is 0 Å². The molecule has 6 N–H and O–H groups in total. The van der Waals surface area contributed by atoms with Crippen LogP contribution >= 0.6 is 7.82 Å². The fourth-order valence-electron chi connectivity index (χ4n) is 2.47. The van der Waals surface area contributed by atoms with Crippen LogP contribution in [0.25, 0.3) is 0 Å². The van der Waals surface area contributed by atoms with E-state index in [4.69, 9.17) is 19.9 Å². The van der Waals surface area contributed by atoms with E-state index in [1.807, 2.05) is 0 Å². The van der Waals surface area contributed by atoms with E-state index in [1.165, 1.54) is 12.2 Å². The Balaban J connectivity index is 2.23. The van der Waals surface area contributed by atoms with Crippen molar-refractivity contribution in [2.45, 2.75) is 24.4 Å². The van der Waals surface area contributed by atoms with Crippen LogP contribution in [0.3, 0.4) is 0 Å². The third-order valence-electron chi connectivity index (χ3n) is 3.69. The number of carboxylic acid groups (broad SMARTS) is 1. The van der Waals surface area contributed by atoms with Gasteiger partial charge in [0.1, 0.15) is 29.8 Å². The second-order valence-electron chi connectivity index (χ2n) is 5.22. The maximum Gasteiger partial charge on any atom is 0.469 e. The second-order valence-corrected chi connectivity index (χ2v) is 6.46. The zero-order valence-electron chi connectivity index (χ0n) is 11.6. The molecule has 0 radical (unpaired) electrons. The molecular weight excluding hydrogens is 333 g/mol. The lowest BCUT2D eigenvalue weighted by atomic mass is 9.76. The summed E-state index contributed by atoms with van der Waals surface area (Å²) in [5, 5.41) is 36.9. The van der Waals surface area contributed by atoms with Gasteiger partial charge in [-0.1, -0.05) is 12.2 Å². The highest BCUT2D eigenvalue weighted by Crippen LogP contribution is 2.41. The van der Waals surface area contributed by atoms with E-state index < -0.39 is 50.2 Å². The smallest absolute Gasteiger partial charge is 0.469 e. The summed E-state index contributed by atoms with van der Waals surface area (Å²) in [4.78, 5) is 29.0. The Bertz CT molecular complexity index is 594. The van der Waals surface area contributed by atoms with Gasteiger partial charge in [-0.15, -0.1) is 0 Å². The molecule has 1 heterocycles. The first-order valence-corrected chi connectivity index (χ1v) is 8.02. The Hall–Kier alpha value is -1.39. The standard InChI is InChI=1S/C12H16NO9P/c13-6-1-3-12(4-2-6,11(16)17)10-9(15)8(14)7(22-10)5-21-23(18,19)20/h1-4,7-10,13-15H,5H2,(H,16,17)(H2,18,19,20)/t7-,8-,9+,10?,12?/m1/s1. The number of aliphatic carboxylic acids is 1. The van der Waals surface area contributed by atoms with Gasteiger partial charge in [0.15, 0.2) is 0 Å². The van der Waals surface area contributed by atoms with Gasteiger partial charge >= 0.3 is 13.8 Å². The molecule has 1 aliphatic heterocycles. The second kappa shape index (κ2) is 6.25. The predicted octanol–water partition coefficient (Wildman–Crippen LogP) is -1.20. The van der Waals surface area contributed by atoms with Crippen LogP contribution < -0.4 is 0 Å². The first-order valence-electron chi connectivity index (χ1n) is 6.49. The van der Waals surface area contributed by atoms with Gasteiger partial charge in [0.05, 0.1) is 12.3 Å². The molecule has 2 rings (SSSR count). The van der Waals surface area contributed by atoms with Gasteiger partial charge in [-0.25, -0.2) is 4.57 Å². The van der Waals surface area contributed by atoms with Gasteiger partial charge in [0.2, 0.25) is 0 Å². The van der Waals surface area contributed by atoms with E-state index >= 15 is 0 Å². The number of hydrogen-bond donors (Lipinski definition) is 6. The number of phosphoric acid groups is 1. The number of aliphatic hydroxyl groups excluding tert-OH is 2. The number of allylic oxidation sites excluding steroid dienone is 2. The summed E-state index contributed by atoms with van der Waals surface area (Å²) in [5.41, 5.74) is -1.77. The van der Waals surface area contributed by atoms with Crippen molar-refractivity contribution in [1.29, 1.82) is 5.41 Å². The molecule has 0 amide bonds. The zero-order chi connectivity index (χ0) is 17.4. The zero-order valence-corrected chi connectivity index (χ0v) is 12.5. The van der Waals surface area contributed by atoms with Crippen LogP contribution in [0.5, 0.6) is 0 Å². The number of carbonyl (C=O) groups is 1. The quantitative estimate of drug-likeness (QED) is 0.333. The normalized spacial score (nSPS) is 37.3. The molecule has 23 heavy (non-hydrogen) atoms. The Morgan fingerprint density at radius 1 is 1.30 bits per heavy atom. The van der Waals surface area contributed by atoms with E-state index in [0.29, 0.717) is 0 Å². The molecule has 1 fully saturated rings.